The maximum atomic E-state index is 11.5. The van der Waals surface area contributed by atoms with Gasteiger partial charge >= 0.3 is 0 Å². The normalized spacial score (nSPS) is 9.93. The van der Waals surface area contributed by atoms with Gasteiger partial charge in [-0.25, -0.2) is 0 Å². The molecule has 1 aromatic carbocycles. The molecule has 0 spiro atoms. The second kappa shape index (κ2) is 4.33. The molecule has 0 bridgehead atoms. The molecule has 0 saturated carbocycles. The molecule has 1 aromatic rings. The second-order valence-electron chi connectivity index (χ2n) is 3.04. The number of carbonyl (C=O) groups excluding carboxylic acids is 1. The molecule has 0 aliphatic carbocycles. The van der Waals surface area contributed by atoms with Crippen molar-refractivity contribution < 1.29 is 4.79 Å². The van der Waals surface area contributed by atoms with Crippen molar-refractivity contribution in [2.24, 2.45) is 0 Å². The lowest BCUT2D eigenvalue weighted by molar-refractivity contribution is 0.0956. The number of halogens is 1. The van der Waals surface area contributed by atoms with E-state index in [0.717, 1.165) is 5.56 Å². The van der Waals surface area contributed by atoms with E-state index in [0.29, 0.717) is 22.8 Å². The Morgan fingerprint density at radius 1 is 1.57 bits per heavy atom. The van der Waals surface area contributed by atoms with E-state index in [-0.39, 0.29) is 5.91 Å². The van der Waals surface area contributed by atoms with Crippen LogP contribution in [-0.2, 0) is 0 Å². The first-order valence-electron chi connectivity index (χ1n) is 4.40. The van der Waals surface area contributed by atoms with Crippen LogP contribution >= 0.6 is 11.6 Å². The summed E-state index contributed by atoms with van der Waals surface area (Å²) >= 11 is 5.83. The second-order valence-corrected chi connectivity index (χ2v) is 3.48. The van der Waals surface area contributed by atoms with Gasteiger partial charge in [0.2, 0.25) is 0 Å². The van der Waals surface area contributed by atoms with Gasteiger partial charge in [-0.2, -0.15) is 0 Å². The summed E-state index contributed by atoms with van der Waals surface area (Å²) in [4.78, 5) is 11.5. The highest BCUT2D eigenvalue weighted by Crippen LogP contribution is 2.22. The van der Waals surface area contributed by atoms with E-state index in [2.05, 4.69) is 5.32 Å². The number of benzene rings is 1. The summed E-state index contributed by atoms with van der Waals surface area (Å²) in [7, 11) is 0. The summed E-state index contributed by atoms with van der Waals surface area (Å²) in [5, 5.41) is 3.21. The Kier molecular flexibility index (Phi) is 3.36. The minimum atomic E-state index is -0.185. The van der Waals surface area contributed by atoms with Crippen molar-refractivity contribution in [1.29, 1.82) is 0 Å². The number of rotatable bonds is 2. The van der Waals surface area contributed by atoms with Crippen molar-refractivity contribution in [2.75, 3.05) is 12.3 Å². The number of amides is 1. The van der Waals surface area contributed by atoms with Crippen LogP contribution in [0.5, 0.6) is 0 Å². The Balaban J connectivity index is 3.13. The topological polar surface area (TPSA) is 55.1 Å². The molecule has 1 amide bonds. The summed E-state index contributed by atoms with van der Waals surface area (Å²) in [5.74, 6) is -0.185. The number of carbonyl (C=O) groups is 1. The molecule has 0 unspecified atom stereocenters. The fourth-order valence-corrected chi connectivity index (χ4v) is 1.47. The van der Waals surface area contributed by atoms with Gasteiger partial charge in [0.15, 0.2) is 0 Å². The van der Waals surface area contributed by atoms with E-state index in [1.54, 1.807) is 12.1 Å². The van der Waals surface area contributed by atoms with Crippen LogP contribution in [0.1, 0.15) is 22.8 Å². The van der Waals surface area contributed by atoms with Gasteiger partial charge in [0.1, 0.15) is 0 Å². The Hall–Kier alpha value is -1.22. The minimum absolute atomic E-state index is 0.185. The molecule has 0 aromatic heterocycles. The highest BCUT2D eigenvalue weighted by Gasteiger charge is 2.11. The molecule has 0 aliphatic heterocycles. The number of aryl methyl sites for hydroxylation is 1. The van der Waals surface area contributed by atoms with Crippen LogP contribution in [0.4, 0.5) is 5.69 Å². The number of anilines is 1. The van der Waals surface area contributed by atoms with Gasteiger partial charge in [-0.05, 0) is 31.5 Å². The molecule has 0 aliphatic rings. The van der Waals surface area contributed by atoms with Gasteiger partial charge in [0.05, 0.1) is 5.56 Å². The number of nitrogens with two attached hydrogens (primary N) is 1. The standard InChI is InChI=1S/C10H13ClN2O/c1-3-13-10(14)8-5-7(11)4-6(2)9(8)12/h4-5H,3,12H2,1-2H3,(H,13,14). The van der Waals surface area contributed by atoms with Crippen LogP contribution in [0.3, 0.4) is 0 Å². The number of nitrogen functional groups attached to an aromatic ring is 1. The molecule has 0 saturated heterocycles. The van der Waals surface area contributed by atoms with Crippen molar-refractivity contribution >= 4 is 23.2 Å². The van der Waals surface area contributed by atoms with Crippen LogP contribution in [0.25, 0.3) is 0 Å². The summed E-state index contributed by atoms with van der Waals surface area (Å²) in [5.41, 5.74) is 7.51. The van der Waals surface area contributed by atoms with Crippen molar-refractivity contribution in [2.45, 2.75) is 13.8 Å². The van der Waals surface area contributed by atoms with Crippen LogP contribution in [-0.4, -0.2) is 12.5 Å². The van der Waals surface area contributed by atoms with Crippen molar-refractivity contribution in [3.05, 3.63) is 28.3 Å². The Bertz CT molecular complexity index is 363. The van der Waals surface area contributed by atoms with Gasteiger partial charge in [-0.1, -0.05) is 11.6 Å². The molecule has 0 heterocycles. The van der Waals surface area contributed by atoms with E-state index in [9.17, 15) is 4.79 Å². The summed E-state index contributed by atoms with van der Waals surface area (Å²) < 4.78 is 0. The zero-order valence-corrected chi connectivity index (χ0v) is 8.98. The van der Waals surface area contributed by atoms with Crippen molar-refractivity contribution in [3.8, 4) is 0 Å². The van der Waals surface area contributed by atoms with E-state index < -0.39 is 0 Å². The summed E-state index contributed by atoms with van der Waals surface area (Å²) in [6, 6.07) is 3.31. The fraction of sp³-hybridized carbons (Fsp3) is 0.300. The Morgan fingerprint density at radius 2 is 2.21 bits per heavy atom. The molecular weight excluding hydrogens is 200 g/mol. The van der Waals surface area contributed by atoms with Crippen molar-refractivity contribution in [1.82, 2.24) is 5.32 Å². The molecule has 76 valence electrons. The predicted octanol–water partition coefficient (Wildman–Crippen LogP) is 1.98. The van der Waals surface area contributed by atoms with Gasteiger partial charge in [0.25, 0.3) is 5.91 Å². The highest BCUT2D eigenvalue weighted by atomic mass is 35.5. The average Bonchev–Trinajstić information content (AvgIpc) is 2.11. The Morgan fingerprint density at radius 3 is 2.79 bits per heavy atom. The van der Waals surface area contributed by atoms with E-state index in [4.69, 9.17) is 17.3 Å². The van der Waals surface area contributed by atoms with Gasteiger partial charge in [-0.3, -0.25) is 4.79 Å². The lowest BCUT2D eigenvalue weighted by atomic mass is 10.1. The highest BCUT2D eigenvalue weighted by molar-refractivity contribution is 6.31. The van der Waals surface area contributed by atoms with Crippen LogP contribution in [0.2, 0.25) is 5.02 Å². The predicted molar refractivity (Wildman–Crippen MR) is 58.6 cm³/mol. The SMILES string of the molecule is CCNC(=O)c1cc(Cl)cc(C)c1N. The molecule has 0 radical (unpaired) electrons. The van der Waals surface area contributed by atoms with E-state index >= 15 is 0 Å². The first-order valence-corrected chi connectivity index (χ1v) is 4.78. The first kappa shape index (κ1) is 10.9. The fourth-order valence-electron chi connectivity index (χ4n) is 1.20. The van der Waals surface area contributed by atoms with Gasteiger partial charge in [-0.15, -0.1) is 0 Å². The maximum Gasteiger partial charge on any atom is 0.253 e. The first-order chi connectivity index (χ1) is 6.56. The molecule has 14 heavy (non-hydrogen) atoms. The number of hydrogen-bond donors (Lipinski definition) is 2. The Labute approximate surface area is 88.2 Å². The number of hydrogen-bond acceptors (Lipinski definition) is 2. The zero-order valence-electron chi connectivity index (χ0n) is 8.23. The van der Waals surface area contributed by atoms with Crippen LogP contribution < -0.4 is 11.1 Å². The van der Waals surface area contributed by atoms with E-state index in [1.807, 2.05) is 13.8 Å². The molecule has 0 atom stereocenters. The maximum absolute atomic E-state index is 11.5. The van der Waals surface area contributed by atoms with Crippen LogP contribution in [0.15, 0.2) is 12.1 Å². The van der Waals surface area contributed by atoms with E-state index in [1.165, 1.54) is 0 Å². The van der Waals surface area contributed by atoms with Crippen LogP contribution in [0, 0.1) is 6.92 Å². The smallest absolute Gasteiger partial charge is 0.253 e. The quantitative estimate of drug-likeness (QED) is 0.737. The largest absolute Gasteiger partial charge is 0.398 e. The molecule has 3 nitrogen and oxygen atoms in total. The van der Waals surface area contributed by atoms with Crippen molar-refractivity contribution in [3.63, 3.8) is 0 Å². The van der Waals surface area contributed by atoms with Gasteiger partial charge < -0.3 is 11.1 Å². The summed E-state index contributed by atoms with van der Waals surface area (Å²) in [6.07, 6.45) is 0. The third kappa shape index (κ3) is 2.17. The molecule has 3 N–H and O–H groups in total. The molecule has 1 rings (SSSR count). The third-order valence-corrected chi connectivity index (χ3v) is 2.15. The third-order valence-electron chi connectivity index (χ3n) is 1.93. The van der Waals surface area contributed by atoms with Gasteiger partial charge in [0, 0.05) is 17.3 Å². The number of nitrogens with one attached hydrogen (secondary N) is 1. The lowest BCUT2D eigenvalue weighted by Crippen LogP contribution is -2.24. The molecule has 4 heteroatoms. The monoisotopic (exact) mass is 212 g/mol. The summed E-state index contributed by atoms with van der Waals surface area (Å²) in [6.45, 7) is 4.25. The molecular formula is C10H13ClN2O. The molecule has 0 fully saturated rings. The zero-order chi connectivity index (χ0) is 10.7. The lowest BCUT2D eigenvalue weighted by Gasteiger charge is -2.08. The average molecular weight is 213 g/mol. The minimum Gasteiger partial charge on any atom is -0.398 e.